The Balaban J connectivity index is 4.33. The molecule has 1 atom stereocenters. The highest BCUT2D eigenvalue weighted by Gasteiger charge is 2.19. The van der Waals surface area contributed by atoms with Crippen LogP contribution >= 0.6 is 0 Å². The SMILES string of the molecule is CCCCCCC/C=C\C/C=C\CCCCCCCCCCCC(=O)OCC(COC(=O)CCCCCCCCC/C=C\CCCCCCCC)OC(=O)CCCCCCCCCCCCCCCCCCCC. The molecule has 0 radical (unpaired) electrons. The van der Waals surface area contributed by atoms with E-state index in [0.29, 0.717) is 19.3 Å². The normalized spacial score (nSPS) is 12.2. The zero-order chi connectivity index (χ0) is 53.6. The van der Waals surface area contributed by atoms with Crippen LogP contribution in [0.4, 0.5) is 0 Å². The topological polar surface area (TPSA) is 78.9 Å². The second kappa shape index (κ2) is 63.2. The van der Waals surface area contributed by atoms with Crippen molar-refractivity contribution < 1.29 is 28.6 Å². The van der Waals surface area contributed by atoms with Crippen LogP contribution in [0.5, 0.6) is 0 Å². The molecule has 0 spiro atoms. The molecule has 0 rings (SSSR count). The molecule has 434 valence electrons. The number of hydrogen-bond donors (Lipinski definition) is 0. The van der Waals surface area contributed by atoms with Crippen molar-refractivity contribution in [1.82, 2.24) is 0 Å². The lowest BCUT2D eigenvalue weighted by atomic mass is 10.0. The lowest BCUT2D eigenvalue weighted by Crippen LogP contribution is -2.30. The van der Waals surface area contributed by atoms with Crippen LogP contribution in [0.15, 0.2) is 36.5 Å². The summed E-state index contributed by atoms with van der Waals surface area (Å²) in [4.78, 5) is 38.4. The van der Waals surface area contributed by atoms with Crippen molar-refractivity contribution in [3.8, 4) is 0 Å². The molecule has 0 bridgehead atoms. The number of esters is 3. The molecule has 1 unspecified atom stereocenters. The summed E-state index contributed by atoms with van der Waals surface area (Å²) in [7, 11) is 0. The first-order valence-electron chi connectivity index (χ1n) is 33.0. The smallest absolute Gasteiger partial charge is 0.306 e. The van der Waals surface area contributed by atoms with Gasteiger partial charge in [-0.25, -0.2) is 0 Å². The quantitative estimate of drug-likeness (QED) is 0.0261. The van der Waals surface area contributed by atoms with Crippen molar-refractivity contribution in [3.63, 3.8) is 0 Å². The Hall–Kier alpha value is -2.37. The van der Waals surface area contributed by atoms with Crippen LogP contribution in [0.25, 0.3) is 0 Å². The molecule has 74 heavy (non-hydrogen) atoms. The maximum atomic E-state index is 12.9. The molecule has 0 aromatic carbocycles. The van der Waals surface area contributed by atoms with Crippen LogP contribution in [0.1, 0.15) is 361 Å². The zero-order valence-electron chi connectivity index (χ0n) is 49.9. The highest BCUT2D eigenvalue weighted by atomic mass is 16.6. The van der Waals surface area contributed by atoms with E-state index in [0.717, 1.165) is 64.2 Å². The number of unbranched alkanes of at least 4 members (excludes halogenated alkanes) is 44. The van der Waals surface area contributed by atoms with Gasteiger partial charge in [0, 0.05) is 19.3 Å². The Kier molecular flexibility index (Phi) is 61.1. The molecule has 0 fully saturated rings. The van der Waals surface area contributed by atoms with Crippen LogP contribution in [-0.2, 0) is 28.6 Å². The van der Waals surface area contributed by atoms with Gasteiger partial charge in [0.2, 0.25) is 0 Å². The first-order valence-corrected chi connectivity index (χ1v) is 33.0. The number of carbonyl (C=O) groups excluding carboxylic acids is 3. The van der Waals surface area contributed by atoms with Gasteiger partial charge in [-0.05, 0) is 77.0 Å². The predicted octanol–water partition coefficient (Wildman–Crippen LogP) is 22.4. The Morgan fingerprint density at radius 2 is 0.486 bits per heavy atom. The third-order valence-corrected chi connectivity index (χ3v) is 14.9. The van der Waals surface area contributed by atoms with Crippen molar-refractivity contribution >= 4 is 17.9 Å². The second-order valence-corrected chi connectivity index (χ2v) is 22.4. The summed E-state index contributed by atoms with van der Waals surface area (Å²) in [5.74, 6) is -0.853. The van der Waals surface area contributed by atoms with Crippen LogP contribution in [-0.4, -0.2) is 37.2 Å². The highest BCUT2D eigenvalue weighted by Crippen LogP contribution is 2.17. The molecule has 0 N–H and O–H groups in total. The van der Waals surface area contributed by atoms with Crippen molar-refractivity contribution in [2.75, 3.05) is 13.2 Å². The fourth-order valence-electron chi connectivity index (χ4n) is 9.88. The lowest BCUT2D eigenvalue weighted by Gasteiger charge is -2.18. The zero-order valence-corrected chi connectivity index (χ0v) is 49.9. The second-order valence-electron chi connectivity index (χ2n) is 22.4. The largest absolute Gasteiger partial charge is 0.462 e. The van der Waals surface area contributed by atoms with E-state index >= 15 is 0 Å². The lowest BCUT2D eigenvalue weighted by molar-refractivity contribution is -0.167. The van der Waals surface area contributed by atoms with Crippen LogP contribution < -0.4 is 0 Å². The Morgan fingerprint density at radius 1 is 0.270 bits per heavy atom. The van der Waals surface area contributed by atoms with Gasteiger partial charge < -0.3 is 14.2 Å². The van der Waals surface area contributed by atoms with E-state index in [4.69, 9.17) is 14.2 Å². The van der Waals surface area contributed by atoms with E-state index in [-0.39, 0.29) is 31.1 Å². The summed E-state index contributed by atoms with van der Waals surface area (Å²) in [6.45, 7) is 6.69. The van der Waals surface area contributed by atoms with Crippen molar-refractivity contribution in [2.45, 2.75) is 367 Å². The Labute approximate surface area is 461 Å². The summed E-state index contributed by atoms with van der Waals surface area (Å²) < 4.78 is 17.0. The van der Waals surface area contributed by atoms with E-state index in [1.54, 1.807) is 0 Å². The van der Waals surface area contributed by atoms with Gasteiger partial charge in [-0.1, -0.05) is 301 Å². The third kappa shape index (κ3) is 60.5. The van der Waals surface area contributed by atoms with E-state index in [9.17, 15) is 14.4 Å². The molecule has 0 saturated carbocycles. The van der Waals surface area contributed by atoms with Crippen LogP contribution in [0, 0.1) is 0 Å². The van der Waals surface area contributed by atoms with Crippen LogP contribution in [0.3, 0.4) is 0 Å². The summed E-state index contributed by atoms with van der Waals surface area (Å²) in [5, 5.41) is 0. The van der Waals surface area contributed by atoms with Crippen molar-refractivity contribution in [2.24, 2.45) is 0 Å². The predicted molar refractivity (Wildman–Crippen MR) is 321 cm³/mol. The Morgan fingerprint density at radius 3 is 0.757 bits per heavy atom. The van der Waals surface area contributed by atoms with Gasteiger partial charge in [0.25, 0.3) is 0 Å². The summed E-state index contributed by atoms with van der Waals surface area (Å²) in [5.41, 5.74) is 0. The molecule has 0 aromatic rings. The summed E-state index contributed by atoms with van der Waals surface area (Å²) in [6, 6.07) is 0. The minimum Gasteiger partial charge on any atom is -0.462 e. The standard InChI is InChI=1S/C68H126O6/c1-4-7-10-13-16-19-22-25-28-31-33-34-35-38-40-43-46-49-52-55-58-61-67(70)73-64-65(63-72-66(69)60-57-54-51-48-45-42-39-36-30-27-24-21-18-15-12-9-6-3)74-68(71)62-59-56-53-50-47-44-41-37-32-29-26-23-20-17-14-11-8-5-2/h22,25,27,30-31,33,65H,4-21,23-24,26,28-29,32,34-64H2,1-3H3/b25-22-,30-27-,33-31-. The van der Waals surface area contributed by atoms with Gasteiger partial charge in [0.05, 0.1) is 0 Å². The van der Waals surface area contributed by atoms with Gasteiger partial charge in [0.1, 0.15) is 13.2 Å². The first-order chi connectivity index (χ1) is 36.5. The molecule has 0 aliphatic carbocycles. The molecule has 0 amide bonds. The van der Waals surface area contributed by atoms with E-state index < -0.39 is 6.10 Å². The summed E-state index contributed by atoms with van der Waals surface area (Å²) >= 11 is 0. The Bertz CT molecular complexity index is 1240. The van der Waals surface area contributed by atoms with Gasteiger partial charge in [-0.2, -0.15) is 0 Å². The molecule has 0 aromatic heterocycles. The maximum Gasteiger partial charge on any atom is 0.306 e. The molecule has 0 saturated heterocycles. The number of hydrogen-bond acceptors (Lipinski definition) is 6. The number of rotatable bonds is 61. The average Bonchev–Trinajstić information content (AvgIpc) is 3.40. The van der Waals surface area contributed by atoms with Gasteiger partial charge in [-0.15, -0.1) is 0 Å². The molecule has 6 nitrogen and oxygen atoms in total. The highest BCUT2D eigenvalue weighted by molar-refractivity contribution is 5.71. The summed E-state index contributed by atoms with van der Waals surface area (Å²) in [6.07, 6.45) is 77.2. The number of carbonyl (C=O) groups is 3. The molecule has 0 heterocycles. The molecular weight excluding hydrogens is 913 g/mol. The van der Waals surface area contributed by atoms with Gasteiger partial charge >= 0.3 is 17.9 Å². The van der Waals surface area contributed by atoms with Gasteiger partial charge in [-0.3, -0.25) is 14.4 Å². The van der Waals surface area contributed by atoms with Gasteiger partial charge in [0.15, 0.2) is 6.10 Å². The molecule has 0 aliphatic rings. The fraction of sp³-hybridized carbons (Fsp3) is 0.868. The molecule has 0 aliphatic heterocycles. The molecule has 6 heteroatoms. The monoisotopic (exact) mass is 1040 g/mol. The van der Waals surface area contributed by atoms with Crippen LogP contribution in [0.2, 0.25) is 0 Å². The third-order valence-electron chi connectivity index (χ3n) is 14.9. The minimum atomic E-state index is -0.774. The average molecular weight is 1040 g/mol. The molecular formula is C68H126O6. The van der Waals surface area contributed by atoms with E-state index in [1.165, 1.54) is 257 Å². The number of ether oxygens (including phenoxy) is 3. The first kappa shape index (κ1) is 71.6. The van der Waals surface area contributed by atoms with Crippen molar-refractivity contribution in [3.05, 3.63) is 36.5 Å². The van der Waals surface area contributed by atoms with Crippen molar-refractivity contribution in [1.29, 1.82) is 0 Å². The fourth-order valence-corrected chi connectivity index (χ4v) is 9.88. The maximum absolute atomic E-state index is 12.9. The number of allylic oxidation sites excluding steroid dienone is 6. The minimum absolute atomic E-state index is 0.0714. The van der Waals surface area contributed by atoms with E-state index in [2.05, 4.69) is 57.2 Å². The van der Waals surface area contributed by atoms with E-state index in [1.807, 2.05) is 0 Å².